The molecule has 0 unspecified atom stereocenters. The van der Waals surface area contributed by atoms with Crippen LogP contribution >= 0.6 is 0 Å². The number of sulfonamides is 1. The van der Waals surface area contributed by atoms with E-state index >= 15 is 0 Å². The van der Waals surface area contributed by atoms with Crippen molar-refractivity contribution in [2.75, 3.05) is 16.7 Å². The lowest BCUT2D eigenvalue weighted by atomic mass is 10.1. The SMILES string of the molecule is COC(=O)[C@H]1Cc2ccccc2N1S(=O)(=O)c1ccc(NC(C)=O)cc1. The maximum atomic E-state index is 13.2. The van der Waals surface area contributed by atoms with Crippen LogP contribution in [0.2, 0.25) is 0 Å². The first-order chi connectivity index (χ1) is 12.3. The Hall–Kier alpha value is -2.87. The van der Waals surface area contributed by atoms with Gasteiger partial charge in [-0.1, -0.05) is 18.2 Å². The second kappa shape index (κ2) is 6.80. The summed E-state index contributed by atoms with van der Waals surface area (Å²) in [7, 11) is -2.75. The standard InChI is InChI=1S/C18H18N2O5S/c1-12(21)19-14-7-9-15(10-8-14)26(23,24)20-16-6-4-3-5-13(16)11-17(20)18(22)25-2/h3-10,17H,11H2,1-2H3,(H,19,21)/t17-/m1/s1. The second-order valence-electron chi connectivity index (χ2n) is 5.88. The number of carbonyl (C=O) groups is 2. The number of rotatable bonds is 4. The summed E-state index contributed by atoms with van der Waals surface area (Å²) in [6.45, 7) is 1.37. The fourth-order valence-electron chi connectivity index (χ4n) is 3.00. The average Bonchev–Trinajstić information content (AvgIpc) is 3.01. The highest BCUT2D eigenvalue weighted by molar-refractivity contribution is 7.93. The molecule has 2 aromatic carbocycles. The zero-order valence-corrected chi connectivity index (χ0v) is 15.1. The fourth-order valence-corrected chi connectivity index (χ4v) is 4.64. The Bertz CT molecular complexity index is 954. The summed E-state index contributed by atoms with van der Waals surface area (Å²) >= 11 is 0. The quantitative estimate of drug-likeness (QED) is 0.826. The van der Waals surface area contributed by atoms with Crippen LogP contribution in [0.1, 0.15) is 12.5 Å². The van der Waals surface area contributed by atoms with Gasteiger partial charge in [0.2, 0.25) is 5.91 Å². The topological polar surface area (TPSA) is 92.8 Å². The first kappa shape index (κ1) is 17.9. The molecule has 0 spiro atoms. The van der Waals surface area contributed by atoms with Crippen molar-refractivity contribution in [2.45, 2.75) is 24.3 Å². The number of esters is 1. The monoisotopic (exact) mass is 374 g/mol. The minimum atomic E-state index is -3.98. The highest BCUT2D eigenvalue weighted by atomic mass is 32.2. The van der Waals surface area contributed by atoms with Crippen LogP contribution in [0.3, 0.4) is 0 Å². The number of anilines is 2. The van der Waals surface area contributed by atoms with Crippen molar-refractivity contribution in [3.63, 3.8) is 0 Å². The zero-order valence-electron chi connectivity index (χ0n) is 14.3. The predicted molar refractivity (Wildman–Crippen MR) is 96.4 cm³/mol. The third-order valence-corrected chi connectivity index (χ3v) is 5.97. The first-order valence-electron chi connectivity index (χ1n) is 7.92. The van der Waals surface area contributed by atoms with Crippen LogP contribution in [0.15, 0.2) is 53.4 Å². The molecule has 7 nitrogen and oxygen atoms in total. The van der Waals surface area contributed by atoms with Crippen LogP contribution in [-0.4, -0.2) is 33.4 Å². The molecule has 1 heterocycles. The van der Waals surface area contributed by atoms with Crippen LogP contribution in [0.25, 0.3) is 0 Å². The normalized spacial score (nSPS) is 16.1. The van der Waals surface area contributed by atoms with E-state index in [0.717, 1.165) is 9.87 Å². The van der Waals surface area contributed by atoms with Gasteiger partial charge in [0.15, 0.2) is 0 Å². The molecule has 136 valence electrons. The van der Waals surface area contributed by atoms with Crippen LogP contribution in [0, 0.1) is 0 Å². The number of hydrogen-bond donors (Lipinski definition) is 1. The molecule has 0 radical (unpaired) electrons. The van der Waals surface area contributed by atoms with Crippen molar-refractivity contribution in [2.24, 2.45) is 0 Å². The summed E-state index contributed by atoms with van der Waals surface area (Å²) in [6, 6.07) is 11.8. The number of nitrogens with one attached hydrogen (secondary N) is 1. The number of fused-ring (bicyclic) bond motifs is 1. The lowest BCUT2D eigenvalue weighted by Crippen LogP contribution is -2.43. The van der Waals surface area contributed by atoms with Crippen molar-refractivity contribution in [3.05, 3.63) is 54.1 Å². The summed E-state index contributed by atoms with van der Waals surface area (Å²) in [4.78, 5) is 23.3. The van der Waals surface area contributed by atoms with Crippen LogP contribution in [0.5, 0.6) is 0 Å². The Morgan fingerprint density at radius 3 is 2.38 bits per heavy atom. The Morgan fingerprint density at radius 1 is 1.12 bits per heavy atom. The van der Waals surface area contributed by atoms with E-state index in [4.69, 9.17) is 4.74 Å². The number of methoxy groups -OCH3 is 1. The van der Waals surface area contributed by atoms with E-state index in [1.807, 2.05) is 0 Å². The van der Waals surface area contributed by atoms with E-state index in [1.54, 1.807) is 24.3 Å². The molecule has 1 N–H and O–H groups in total. The van der Waals surface area contributed by atoms with E-state index in [0.29, 0.717) is 11.4 Å². The smallest absolute Gasteiger partial charge is 0.330 e. The Kier molecular flexibility index (Phi) is 4.69. The van der Waals surface area contributed by atoms with Crippen LogP contribution in [-0.2, 0) is 30.8 Å². The van der Waals surface area contributed by atoms with Crippen molar-refractivity contribution in [1.82, 2.24) is 0 Å². The maximum Gasteiger partial charge on any atom is 0.330 e. The van der Waals surface area contributed by atoms with Gasteiger partial charge in [0, 0.05) is 19.0 Å². The highest BCUT2D eigenvalue weighted by Gasteiger charge is 2.42. The third kappa shape index (κ3) is 3.15. The molecule has 0 aromatic heterocycles. The van der Waals surface area contributed by atoms with Gasteiger partial charge < -0.3 is 10.1 Å². The van der Waals surface area contributed by atoms with E-state index in [1.165, 1.54) is 38.3 Å². The molecule has 1 amide bonds. The summed E-state index contributed by atoms with van der Waals surface area (Å²) in [5, 5.41) is 2.58. The minimum Gasteiger partial charge on any atom is -0.467 e. The minimum absolute atomic E-state index is 0.0252. The number of para-hydroxylation sites is 1. The molecule has 1 aliphatic rings. The molecular formula is C18H18N2O5S. The summed E-state index contributed by atoms with van der Waals surface area (Å²) in [5.41, 5.74) is 1.72. The van der Waals surface area contributed by atoms with Gasteiger partial charge in [0.1, 0.15) is 6.04 Å². The molecule has 0 aliphatic carbocycles. The van der Waals surface area contributed by atoms with E-state index in [2.05, 4.69) is 5.32 Å². The van der Waals surface area contributed by atoms with E-state index < -0.39 is 22.0 Å². The summed E-state index contributed by atoms with van der Waals surface area (Å²) < 4.78 is 32.3. The molecule has 8 heteroatoms. The number of benzene rings is 2. The number of amides is 1. The molecule has 1 aliphatic heterocycles. The van der Waals surface area contributed by atoms with Crippen LogP contribution < -0.4 is 9.62 Å². The molecule has 0 saturated carbocycles. The van der Waals surface area contributed by atoms with Crippen molar-refractivity contribution in [3.8, 4) is 0 Å². The summed E-state index contributed by atoms with van der Waals surface area (Å²) in [6.07, 6.45) is 0.256. The molecule has 0 bridgehead atoms. The lowest BCUT2D eigenvalue weighted by molar-refractivity contribution is -0.141. The van der Waals surface area contributed by atoms with Crippen molar-refractivity contribution >= 4 is 33.3 Å². The third-order valence-electron chi connectivity index (χ3n) is 4.13. The first-order valence-corrected chi connectivity index (χ1v) is 9.36. The molecule has 1 atom stereocenters. The summed E-state index contributed by atoms with van der Waals surface area (Å²) in [5.74, 6) is -0.862. The number of nitrogens with zero attached hydrogens (tertiary/aromatic N) is 1. The Labute approximate surface area is 151 Å². The molecule has 3 rings (SSSR count). The molecular weight excluding hydrogens is 356 g/mol. The van der Waals surface area contributed by atoms with Gasteiger partial charge in [-0.3, -0.25) is 9.10 Å². The van der Waals surface area contributed by atoms with Gasteiger partial charge in [-0.05, 0) is 35.9 Å². The molecule has 0 saturated heterocycles. The highest BCUT2D eigenvalue weighted by Crippen LogP contribution is 2.37. The van der Waals surface area contributed by atoms with Gasteiger partial charge >= 0.3 is 5.97 Å². The van der Waals surface area contributed by atoms with Crippen LogP contribution in [0.4, 0.5) is 11.4 Å². The number of ether oxygens (including phenoxy) is 1. The second-order valence-corrected chi connectivity index (χ2v) is 7.69. The molecule has 0 fully saturated rings. The van der Waals surface area contributed by atoms with Gasteiger partial charge in [-0.25, -0.2) is 13.2 Å². The maximum absolute atomic E-state index is 13.2. The zero-order chi connectivity index (χ0) is 18.9. The van der Waals surface area contributed by atoms with Gasteiger partial charge in [-0.2, -0.15) is 0 Å². The van der Waals surface area contributed by atoms with E-state index in [-0.39, 0.29) is 17.2 Å². The Balaban J connectivity index is 2.03. The van der Waals surface area contributed by atoms with Crippen molar-refractivity contribution < 1.29 is 22.7 Å². The number of hydrogen-bond acceptors (Lipinski definition) is 5. The predicted octanol–water partition coefficient (Wildman–Crippen LogP) is 1.94. The Morgan fingerprint density at radius 2 is 1.77 bits per heavy atom. The number of carbonyl (C=O) groups excluding carboxylic acids is 2. The largest absolute Gasteiger partial charge is 0.467 e. The average molecular weight is 374 g/mol. The van der Waals surface area contributed by atoms with E-state index in [9.17, 15) is 18.0 Å². The van der Waals surface area contributed by atoms with Gasteiger partial charge in [0.25, 0.3) is 10.0 Å². The molecule has 2 aromatic rings. The molecule has 26 heavy (non-hydrogen) atoms. The fraction of sp³-hybridized carbons (Fsp3) is 0.222. The van der Waals surface area contributed by atoms with Crippen molar-refractivity contribution in [1.29, 1.82) is 0 Å². The lowest BCUT2D eigenvalue weighted by Gasteiger charge is -2.25. The van der Waals surface area contributed by atoms with Gasteiger partial charge in [0.05, 0.1) is 17.7 Å². The van der Waals surface area contributed by atoms with Gasteiger partial charge in [-0.15, -0.1) is 0 Å².